The average molecular weight is 421 g/mol. The van der Waals surface area contributed by atoms with Gasteiger partial charge in [0.1, 0.15) is 17.3 Å². The molecule has 1 aliphatic heterocycles. The third-order valence-corrected chi connectivity index (χ3v) is 4.99. The number of benzene rings is 1. The van der Waals surface area contributed by atoms with Crippen LogP contribution in [0.25, 0.3) is 0 Å². The molecule has 3 amide bonds. The normalized spacial score (nSPS) is 13.7. The molecule has 4 rings (SSSR count). The summed E-state index contributed by atoms with van der Waals surface area (Å²) in [5.41, 5.74) is 1.23. The summed E-state index contributed by atoms with van der Waals surface area (Å²) in [6, 6.07) is 8.56. The summed E-state index contributed by atoms with van der Waals surface area (Å²) in [5, 5.41) is 2.88. The van der Waals surface area contributed by atoms with Gasteiger partial charge in [0.2, 0.25) is 5.88 Å². The van der Waals surface area contributed by atoms with E-state index in [0.717, 1.165) is 0 Å². The molecule has 0 aliphatic carbocycles. The molecule has 31 heavy (non-hydrogen) atoms. The van der Waals surface area contributed by atoms with E-state index in [1.807, 2.05) is 6.92 Å². The highest BCUT2D eigenvalue weighted by molar-refractivity contribution is 5.95. The van der Waals surface area contributed by atoms with Crippen LogP contribution >= 0.6 is 0 Å². The third kappa shape index (κ3) is 4.82. The monoisotopic (exact) mass is 421 g/mol. The van der Waals surface area contributed by atoms with Gasteiger partial charge in [0, 0.05) is 44.3 Å². The van der Waals surface area contributed by atoms with Crippen molar-refractivity contribution in [2.75, 3.05) is 31.5 Å². The molecular formula is C22H23N5O4. The second-order valence-electron chi connectivity index (χ2n) is 7.21. The molecule has 1 aliphatic rings. The Hall–Kier alpha value is -3.88. The first-order valence-electron chi connectivity index (χ1n) is 9.96. The van der Waals surface area contributed by atoms with E-state index >= 15 is 0 Å². The van der Waals surface area contributed by atoms with Crippen LogP contribution in [0.15, 0.2) is 53.3 Å². The summed E-state index contributed by atoms with van der Waals surface area (Å²) in [6.07, 6.45) is 4.64. The minimum atomic E-state index is -0.204. The van der Waals surface area contributed by atoms with Crippen LogP contribution in [0.3, 0.4) is 0 Å². The minimum absolute atomic E-state index is 0.0619. The van der Waals surface area contributed by atoms with E-state index in [2.05, 4.69) is 15.3 Å². The first kappa shape index (κ1) is 20.4. The number of amides is 3. The molecule has 3 aromatic rings. The zero-order valence-electron chi connectivity index (χ0n) is 17.4. The molecular weight excluding hydrogens is 398 g/mol. The topological polar surface area (TPSA) is 101 Å². The van der Waals surface area contributed by atoms with Gasteiger partial charge in [-0.05, 0) is 44.2 Å². The fraction of sp³-hybridized carbons (Fsp3) is 0.273. The van der Waals surface area contributed by atoms with Crippen molar-refractivity contribution in [2.24, 2.45) is 0 Å². The number of aromatic nitrogens is 2. The Bertz CT molecular complexity index is 1060. The maximum atomic E-state index is 12.7. The number of rotatable bonds is 4. The number of nitrogens with zero attached hydrogens (tertiary/aromatic N) is 4. The van der Waals surface area contributed by atoms with Crippen LogP contribution in [0, 0.1) is 13.8 Å². The zero-order chi connectivity index (χ0) is 21.8. The Balaban J connectivity index is 1.29. The lowest BCUT2D eigenvalue weighted by Gasteiger charge is -2.34. The number of nitrogens with one attached hydrogen (secondary N) is 1. The number of aryl methyl sites for hydroxylation is 2. The number of piperazine rings is 1. The largest absolute Gasteiger partial charge is 0.466 e. The van der Waals surface area contributed by atoms with Gasteiger partial charge in [0.05, 0.1) is 11.8 Å². The van der Waals surface area contributed by atoms with E-state index in [1.54, 1.807) is 59.4 Å². The summed E-state index contributed by atoms with van der Waals surface area (Å²) in [4.78, 5) is 36.7. The Morgan fingerprint density at radius 1 is 1.03 bits per heavy atom. The second kappa shape index (κ2) is 8.86. The number of hydrogen-bond acceptors (Lipinski definition) is 6. The number of hydrogen-bond donors (Lipinski definition) is 1. The molecule has 0 unspecified atom stereocenters. The third-order valence-electron chi connectivity index (χ3n) is 4.99. The van der Waals surface area contributed by atoms with Crippen molar-refractivity contribution in [2.45, 2.75) is 13.8 Å². The predicted molar refractivity (Wildman–Crippen MR) is 113 cm³/mol. The van der Waals surface area contributed by atoms with Crippen molar-refractivity contribution in [1.82, 2.24) is 19.8 Å². The van der Waals surface area contributed by atoms with Crippen LogP contribution in [0.5, 0.6) is 11.6 Å². The molecule has 0 spiro atoms. The van der Waals surface area contributed by atoms with E-state index in [1.165, 1.54) is 6.20 Å². The predicted octanol–water partition coefficient (Wildman–Crippen LogP) is 3.47. The summed E-state index contributed by atoms with van der Waals surface area (Å²) < 4.78 is 11.1. The quantitative estimate of drug-likeness (QED) is 0.692. The lowest BCUT2D eigenvalue weighted by atomic mass is 10.2. The van der Waals surface area contributed by atoms with Crippen LogP contribution in [0.1, 0.15) is 21.9 Å². The van der Waals surface area contributed by atoms with E-state index < -0.39 is 0 Å². The summed E-state index contributed by atoms with van der Waals surface area (Å²) >= 11 is 0. The van der Waals surface area contributed by atoms with Crippen molar-refractivity contribution in [3.63, 3.8) is 0 Å². The van der Waals surface area contributed by atoms with Gasteiger partial charge in [-0.1, -0.05) is 0 Å². The summed E-state index contributed by atoms with van der Waals surface area (Å²) in [7, 11) is 0. The van der Waals surface area contributed by atoms with Gasteiger partial charge >= 0.3 is 6.03 Å². The smallest absolute Gasteiger partial charge is 0.321 e. The molecule has 9 heteroatoms. The van der Waals surface area contributed by atoms with Gasteiger partial charge in [-0.3, -0.25) is 9.78 Å². The zero-order valence-corrected chi connectivity index (χ0v) is 17.4. The highest BCUT2D eigenvalue weighted by Crippen LogP contribution is 2.21. The maximum Gasteiger partial charge on any atom is 0.321 e. The van der Waals surface area contributed by atoms with Crippen LogP contribution in [0.4, 0.5) is 10.5 Å². The first-order valence-corrected chi connectivity index (χ1v) is 9.96. The molecule has 1 N–H and O–H groups in total. The van der Waals surface area contributed by atoms with Crippen molar-refractivity contribution in [3.05, 3.63) is 66.0 Å². The molecule has 9 nitrogen and oxygen atoms in total. The van der Waals surface area contributed by atoms with Gasteiger partial charge < -0.3 is 24.3 Å². The number of ether oxygens (including phenoxy) is 1. The Morgan fingerprint density at radius 2 is 1.74 bits per heavy atom. The first-order chi connectivity index (χ1) is 15.0. The second-order valence-corrected chi connectivity index (χ2v) is 7.21. The molecule has 2 aromatic heterocycles. The van der Waals surface area contributed by atoms with Crippen molar-refractivity contribution < 1.29 is 18.7 Å². The lowest BCUT2D eigenvalue weighted by molar-refractivity contribution is 0.0670. The molecule has 3 heterocycles. The van der Waals surface area contributed by atoms with E-state index in [-0.39, 0.29) is 11.9 Å². The number of furan rings is 1. The molecule has 1 saturated heterocycles. The molecule has 0 saturated carbocycles. The van der Waals surface area contributed by atoms with Gasteiger partial charge in [0.25, 0.3) is 5.91 Å². The van der Waals surface area contributed by atoms with Gasteiger partial charge in [0.15, 0.2) is 0 Å². The van der Waals surface area contributed by atoms with E-state index in [9.17, 15) is 9.59 Å². The maximum absolute atomic E-state index is 12.7. The van der Waals surface area contributed by atoms with Crippen LogP contribution in [-0.2, 0) is 0 Å². The Labute approximate surface area is 179 Å². The minimum Gasteiger partial charge on any atom is -0.466 e. The molecule has 0 radical (unpaired) electrons. The highest BCUT2D eigenvalue weighted by atomic mass is 16.5. The summed E-state index contributed by atoms with van der Waals surface area (Å²) in [5.74, 6) is 2.26. The molecule has 0 atom stereocenters. The van der Waals surface area contributed by atoms with Crippen molar-refractivity contribution in [1.29, 1.82) is 0 Å². The van der Waals surface area contributed by atoms with Crippen LogP contribution in [0.2, 0.25) is 0 Å². The molecule has 1 aromatic carbocycles. The number of anilines is 1. The Morgan fingerprint density at radius 3 is 2.35 bits per heavy atom. The fourth-order valence-electron chi connectivity index (χ4n) is 3.39. The fourth-order valence-corrected chi connectivity index (χ4v) is 3.39. The standard InChI is InChI=1S/C22H23N5O4/c1-15-13-19(16(2)30-15)21(28)26-9-11-27(12-10-26)22(29)25-17-3-5-18(6-4-17)31-20-14-23-7-8-24-20/h3-8,13-14H,9-12H2,1-2H3,(H,25,29). The van der Waals surface area contributed by atoms with Crippen LogP contribution in [-0.4, -0.2) is 57.9 Å². The van der Waals surface area contributed by atoms with E-state index in [4.69, 9.17) is 9.15 Å². The molecule has 160 valence electrons. The number of urea groups is 1. The Kier molecular flexibility index (Phi) is 5.83. The lowest BCUT2D eigenvalue weighted by Crippen LogP contribution is -2.51. The molecule has 0 bridgehead atoms. The van der Waals surface area contributed by atoms with Crippen molar-refractivity contribution >= 4 is 17.6 Å². The average Bonchev–Trinajstić information content (AvgIpc) is 3.13. The summed E-state index contributed by atoms with van der Waals surface area (Å²) in [6.45, 7) is 5.47. The van der Waals surface area contributed by atoms with E-state index in [0.29, 0.717) is 60.6 Å². The highest BCUT2D eigenvalue weighted by Gasteiger charge is 2.26. The van der Waals surface area contributed by atoms with Gasteiger partial charge in [-0.2, -0.15) is 0 Å². The number of carbonyl (C=O) groups excluding carboxylic acids is 2. The SMILES string of the molecule is Cc1cc(C(=O)N2CCN(C(=O)Nc3ccc(Oc4cnccn4)cc3)CC2)c(C)o1. The number of carbonyl (C=O) groups is 2. The van der Waals surface area contributed by atoms with Crippen molar-refractivity contribution in [3.8, 4) is 11.6 Å². The van der Waals surface area contributed by atoms with Crippen LogP contribution < -0.4 is 10.1 Å². The van der Waals surface area contributed by atoms with Gasteiger partial charge in [-0.25, -0.2) is 9.78 Å². The van der Waals surface area contributed by atoms with Gasteiger partial charge in [-0.15, -0.1) is 0 Å². The molecule has 1 fully saturated rings.